The fourth-order valence-electron chi connectivity index (χ4n) is 1.94. The summed E-state index contributed by atoms with van der Waals surface area (Å²) in [5, 5.41) is 2.80. The lowest BCUT2D eigenvalue weighted by Gasteiger charge is -2.13. The topological polar surface area (TPSA) is 64.3 Å². The van der Waals surface area contributed by atoms with Crippen molar-refractivity contribution in [1.29, 1.82) is 0 Å². The maximum Gasteiger partial charge on any atom is 0.250 e. The van der Waals surface area contributed by atoms with Gasteiger partial charge >= 0.3 is 0 Å². The summed E-state index contributed by atoms with van der Waals surface area (Å²) < 4.78 is 5.57. The molecule has 0 bridgehead atoms. The largest absolute Gasteiger partial charge is 0.364 e. The first-order chi connectivity index (χ1) is 10.2. The molecule has 2 aromatic carbocycles. The average molecular weight is 284 g/mol. The van der Waals surface area contributed by atoms with E-state index in [1.54, 1.807) is 0 Å². The molecule has 0 aromatic heterocycles. The second-order valence-electron chi connectivity index (χ2n) is 4.81. The van der Waals surface area contributed by atoms with Crippen molar-refractivity contribution in [2.24, 2.45) is 5.73 Å². The van der Waals surface area contributed by atoms with Gasteiger partial charge < -0.3 is 15.8 Å². The molecule has 0 radical (unpaired) electrons. The number of hydrogen-bond donors (Lipinski definition) is 2. The Labute approximate surface area is 124 Å². The van der Waals surface area contributed by atoms with Crippen molar-refractivity contribution in [3.63, 3.8) is 0 Å². The average Bonchev–Trinajstić information content (AvgIpc) is 2.54. The highest BCUT2D eigenvalue weighted by Crippen LogP contribution is 2.16. The molecule has 1 amide bonds. The number of ether oxygens (including phenoxy) is 1. The predicted molar refractivity (Wildman–Crippen MR) is 83.8 cm³/mol. The first-order valence-corrected chi connectivity index (χ1v) is 6.94. The second kappa shape index (κ2) is 7.57. The zero-order valence-corrected chi connectivity index (χ0v) is 12.1. The van der Waals surface area contributed by atoms with Crippen LogP contribution in [-0.2, 0) is 16.1 Å². The van der Waals surface area contributed by atoms with E-state index in [9.17, 15) is 4.79 Å². The van der Waals surface area contributed by atoms with Crippen LogP contribution in [0.5, 0.6) is 0 Å². The van der Waals surface area contributed by atoms with Gasteiger partial charge in [-0.2, -0.15) is 0 Å². The number of anilines is 1. The van der Waals surface area contributed by atoms with Crippen LogP contribution < -0.4 is 11.1 Å². The molecule has 3 N–H and O–H groups in total. The zero-order chi connectivity index (χ0) is 15.1. The summed E-state index contributed by atoms with van der Waals surface area (Å²) in [5.41, 5.74) is 8.36. The van der Waals surface area contributed by atoms with Gasteiger partial charge in [0.2, 0.25) is 5.91 Å². The van der Waals surface area contributed by atoms with E-state index in [2.05, 4.69) is 5.32 Å². The lowest BCUT2D eigenvalue weighted by molar-refractivity contribution is -0.122. The van der Waals surface area contributed by atoms with Gasteiger partial charge in [-0.25, -0.2) is 0 Å². The third kappa shape index (κ3) is 4.70. The standard InChI is InChI=1S/C17H20N2O2/c1-13(15-5-3-2-4-6-15)21-12-17(20)19-16-9-7-14(11-18)8-10-16/h2-10,13H,11-12,18H2,1H3,(H,19,20). The highest BCUT2D eigenvalue weighted by atomic mass is 16.5. The summed E-state index contributed by atoms with van der Waals surface area (Å²) in [6.45, 7) is 2.44. The Hall–Kier alpha value is -2.17. The number of hydrogen-bond acceptors (Lipinski definition) is 3. The van der Waals surface area contributed by atoms with Crippen LogP contribution in [0.4, 0.5) is 5.69 Å². The quantitative estimate of drug-likeness (QED) is 0.857. The molecule has 0 spiro atoms. The van der Waals surface area contributed by atoms with Gasteiger partial charge in [0.25, 0.3) is 0 Å². The predicted octanol–water partition coefficient (Wildman–Crippen LogP) is 2.86. The summed E-state index contributed by atoms with van der Waals surface area (Å²) in [4.78, 5) is 11.8. The van der Waals surface area contributed by atoms with Crippen molar-refractivity contribution >= 4 is 11.6 Å². The molecule has 0 saturated carbocycles. The second-order valence-corrected chi connectivity index (χ2v) is 4.81. The molecule has 0 aliphatic carbocycles. The molecular formula is C17H20N2O2. The maximum absolute atomic E-state index is 11.8. The minimum Gasteiger partial charge on any atom is -0.364 e. The number of carbonyl (C=O) groups excluding carboxylic acids is 1. The van der Waals surface area contributed by atoms with Gasteiger partial charge in [-0.15, -0.1) is 0 Å². The molecule has 110 valence electrons. The van der Waals surface area contributed by atoms with Crippen molar-refractivity contribution in [2.75, 3.05) is 11.9 Å². The summed E-state index contributed by atoms with van der Waals surface area (Å²) in [7, 11) is 0. The van der Waals surface area contributed by atoms with Crippen molar-refractivity contribution in [3.8, 4) is 0 Å². The number of rotatable bonds is 6. The van der Waals surface area contributed by atoms with Crippen LogP contribution in [0.25, 0.3) is 0 Å². The van der Waals surface area contributed by atoms with Crippen LogP contribution in [0.15, 0.2) is 54.6 Å². The third-order valence-electron chi connectivity index (χ3n) is 3.21. The van der Waals surface area contributed by atoms with Gasteiger partial charge in [0.1, 0.15) is 6.61 Å². The van der Waals surface area contributed by atoms with E-state index in [-0.39, 0.29) is 18.6 Å². The zero-order valence-electron chi connectivity index (χ0n) is 12.1. The summed E-state index contributed by atoms with van der Waals surface area (Å²) >= 11 is 0. The number of nitrogens with one attached hydrogen (secondary N) is 1. The van der Waals surface area contributed by atoms with Gasteiger partial charge in [-0.05, 0) is 30.2 Å². The Morgan fingerprint density at radius 3 is 2.43 bits per heavy atom. The maximum atomic E-state index is 11.8. The van der Waals surface area contributed by atoms with Crippen molar-refractivity contribution in [3.05, 3.63) is 65.7 Å². The lowest BCUT2D eigenvalue weighted by atomic mass is 10.1. The monoisotopic (exact) mass is 284 g/mol. The van der Waals surface area contributed by atoms with E-state index in [0.29, 0.717) is 6.54 Å². The Kier molecular flexibility index (Phi) is 5.49. The molecule has 0 saturated heterocycles. The van der Waals surface area contributed by atoms with E-state index in [0.717, 1.165) is 16.8 Å². The molecule has 21 heavy (non-hydrogen) atoms. The van der Waals surface area contributed by atoms with E-state index in [1.165, 1.54) is 0 Å². The first-order valence-electron chi connectivity index (χ1n) is 6.94. The van der Waals surface area contributed by atoms with Gasteiger partial charge in [-0.1, -0.05) is 42.5 Å². The third-order valence-corrected chi connectivity index (χ3v) is 3.21. The lowest BCUT2D eigenvalue weighted by Crippen LogP contribution is -2.19. The summed E-state index contributed by atoms with van der Waals surface area (Å²) in [6.07, 6.45) is -0.114. The molecule has 1 atom stereocenters. The highest BCUT2D eigenvalue weighted by molar-refractivity contribution is 5.91. The van der Waals surface area contributed by atoms with E-state index >= 15 is 0 Å². The van der Waals surface area contributed by atoms with Gasteiger partial charge in [0.15, 0.2) is 0 Å². The summed E-state index contributed by atoms with van der Waals surface area (Å²) in [5.74, 6) is -0.168. The van der Waals surface area contributed by atoms with Crippen LogP contribution in [0.1, 0.15) is 24.2 Å². The Bertz CT molecular complexity index is 567. The van der Waals surface area contributed by atoms with Gasteiger partial charge in [-0.3, -0.25) is 4.79 Å². The molecule has 4 nitrogen and oxygen atoms in total. The molecule has 2 aromatic rings. The molecule has 2 rings (SSSR count). The molecular weight excluding hydrogens is 264 g/mol. The molecule has 1 unspecified atom stereocenters. The Morgan fingerprint density at radius 1 is 1.14 bits per heavy atom. The van der Waals surface area contributed by atoms with Crippen LogP contribution in [0, 0.1) is 0 Å². The van der Waals surface area contributed by atoms with Crippen molar-refractivity contribution in [2.45, 2.75) is 19.6 Å². The molecule has 0 heterocycles. The normalized spacial score (nSPS) is 11.9. The fourth-order valence-corrected chi connectivity index (χ4v) is 1.94. The highest BCUT2D eigenvalue weighted by Gasteiger charge is 2.08. The van der Waals surface area contributed by atoms with Crippen LogP contribution in [0.3, 0.4) is 0 Å². The van der Waals surface area contributed by atoms with Crippen LogP contribution in [-0.4, -0.2) is 12.5 Å². The number of amides is 1. The van der Waals surface area contributed by atoms with E-state index < -0.39 is 0 Å². The minimum absolute atomic E-state index is 0.0225. The molecule has 0 fully saturated rings. The SMILES string of the molecule is CC(OCC(=O)Nc1ccc(CN)cc1)c1ccccc1. The first kappa shape index (κ1) is 15.2. The van der Waals surface area contributed by atoms with E-state index in [4.69, 9.17) is 10.5 Å². The Morgan fingerprint density at radius 2 is 1.81 bits per heavy atom. The molecule has 0 aliphatic heterocycles. The number of carbonyl (C=O) groups is 1. The van der Waals surface area contributed by atoms with Gasteiger partial charge in [0.05, 0.1) is 6.10 Å². The molecule has 0 aliphatic rings. The van der Waals surface area contributed by atoms with Crippen LogP contribution in [0.2, 0.25) is 0 Å². The fraction of sp³-hybridized carbons (Fsp3) is 0.235. The van der Waals surface area contributed by atoms with Gasteiger partial charge in [0, 0.05) is 12.2 Å². The van der Waals surface area contributed by atoms with E-state index in [1.807, 2.05) is 61.5 Å². The Balaban J connectivity index is 1.81. The number of benzene rings is 2. The van der Waals surface area contributed by atoms with Crippen LogP contribution >= 0.6 is 0 Å². The minimum atomic E-state index is -0.168. The number of nitrogens with two attached hydrogens (primary N) is 1. The molecule has 4 heteroatoms. The van der Waals surface area contributed by atoms with Crippen molar-refractivity contribution < 1.29 is 9.53 Å². The van der Waals surface area contributed by atoms with Crippen molar-refractivity contribution in [1.82, 2.24) is 0 Å². The summed E-state index contributed by atoms with van der Waals surface area (Å²) in [6, 6.07) is 17.3. The smallest absolute Gasteiger partial charge is 0.250 e.